The van der Waals surface area contributed by atoms with E-state index in [2.05, 4.69) is 61.2 Å². The Labute approximate surface area is 144 Å². The van der Waals surface area contributed by atoms with Crippen molar-refractivity contribution in [1.82, 2.24) is 14.9 Å². The molecule has 0 aliphatic heterocycles. The smallest absolute Gasteiger partial charge is 0.131 e. The summed E-state index contributed by atoms with van der Waals surface area (Å²) in [7, 11) is 0. The quantitative estimate of drug-likeness (QED) is 0.655. The van der Waals surface area contributed by atoms with Gasteiger partial charge < -0.3 is 0 Å². The first-order valence-electron chi connectivity index (χ1n) is 8.29. The van der Waals surface area contributed by atoms with E-state index < -0.39 is 0 Å². The lowest BCUT2D eigenvalue weighted by molar-refractivity contribution is 0.253. The number of thioether (sulfide) groups is 1. The van der Waals surface area contributed by atoms with Crippen LogP contribution in [0.25, 0.3) is 0 Å². The molecule has 0 spiro atoms. The first kappa shape index (κ1) is 18.0. The van der Waals surface area contributed by atoms with E-state index in [4.69, 9.17) is 4.98 Å². The van der Waals surface area contributed by atoms with Crippen molar-refractivity contribution in [3.05, 3.63) is 53.6 Å². The average Bonchev–Trinajstić information content (AvgIpc) is 2.56. The molecule has 0 atom stereocenters. The Morgan fingerprint density at radius 2 is 1.83 bits per heavy atom. The molecule has 1 aromatic heterocycles. The summed E-state index contributed by atoms with van der Waals surface area (Å²) in [6.45, 7) is 9.41. The van der Waals surface area contributed by atoms with Crippen LogP contribution in [0.4, 0.5) is 0 Å². The number of nitrogens with zero attached hydrogens (tertiary/aromatic N) is 3. The van der Waals surface area contributed by atoms with E-state index in [1.807, 2.05) is 12.3 Å². The molecule has 3 nitrogen and oxygen atoms in total. The number of hydrogen-bond acceptors (Lipinski definition) is 4. The minimum absolute atomic E-state index is 0.369. The zero-order chi connectivity index (χ0) is 16.7. The molecule has 0 aliphatic rings. The Hall–Kier alpha value is -1.39. The van der Waals surface area contributed by atoms with Crippen LogP contribution in [-0.4, -0.2) is 27.7 Å². The topological polar surface area (TPSA) is 29.0 Å². The van der Waals surface area contributed by atoms with Gasteiger partial charge in [0.1, 0.15) is 5.82 Å². The zero-order valence-electron chi connectivity index (χ0n) is 14.6. The molecule has 0 fully saturated rings. The molecule has 0 N–H and O–H groups in total. The molecule has 1 heterocycles. The minimum Gasteiger partial charge on any atom is -0.293 e. The van der Waals surface area contributed by atoms with Gasteiger partial charge in [-0.1, -0.05) is 32.9 Å². The first-order valence-corrected chi connectivity index (χ1v) is 9.52. The fourth-order valence-electron chi connectivity index (χ4n) is 2.53. The van der Waals surface area contributed by atoms with Crippen LogP contribution >= 0.6 is 11.8 Å². The SMILES string of the molecule is CCCN(Cc1ccc(SC)cc1)Cc1ccnc(C(C)C)n1. The van der Waals surface area contributed by atoms with Crippen molar-refractivity contribution in [2.45, 2.75) is 51.1 Å². The summed E-state index contributed by atoms with van der Waals surface area (Å²) in [6, 6.07) is 10.9. The van der Waals surface area contributed by atoms with E-state index in [0.717, 1.165) is 37.6 Å². The summed E-state index contributed by atoms with van der Waals surface area (Å²) in [4.78, 5) is 12.8. The van der Waals surface area contributed by atoms with Crippen molar-refractivity contribution < 1.29 is 0 Å². The summed E-state index contributed by atoms with van der Waals surface area (Å²) in [6.07, 6.45) is 5.14. The van der Waals surface area contributed by atoms with Crippen molar-refractivity contribution in [2.24, 2.45) is 0 Å². The molecular weight excluding hydrogens is 302 g/mol. The molecule has 1 aromatic carbocycles. The predicted molar refractivity (Wildman–Crippen MR) is 98.7 cm³/mol. The molecule has 23 heavy (non-hydrogen) atoms. The van der Waals surface area contributed by atoms with Gasteiger partial charge in [0, 0.05) is 30.1 Å². The Kier molecular flexibility index (Phi) is 7.06. The third-order valence-electron chi connectivity index (χ3n) is 3.74. The molecule has 4 heteroatoms. The molecule has 0 aliphatic carbocycles. The Balaban J connectivity index is 2.06. The van der Waals surface area contributed by atoms with Gasteiger partial charge in [-0.3, -0.25) is 4.90 Å². The molecular formula is C19H27N3S. The summed E-state index contributed by atoms with van der Waals surface area (Å²) in [5.41, 5.74) is 2.47. The van der Waals surface area contributed by atoms with Crippen LogP contribution in [0.1, 0.15) is 50.2 Å². The van der Waals surface area contributed by atoms with Gasteiger partial charge in [-0.05, 0) is 43.0 Å². The maximum absolute atomic E-state index is 4.71. The van der Waals surface area contributed by atoms with Crippen molar-refractivity contribution >= 4 is 11.8 Å². The lowest BCUT2D eigenvalue weighted by Gasteiger charge is -2.22. The Morgan fingerprint density at radius 1 is 1.09 bits per heavy atom. The number of aromatic nitrogens is 2. The third-order valence-corrected chi connectivity index (χ3v) is 4.48. The summed E-state index contributed by atoms with van der Waals surface area (Å²) in [5.74, 6) is 1.30. The summed E-state index contributed by atoms with van der Waals surface area (Å²) in [5, 5.41) is 0. The van der Waals surface area contributed by atoms with E-state index >= 15 is 0 Å². The van der Waals surface area contributed by atoms with Crippen molar-refractivity contribution in [3.8, 4) is 0 Å². The highest BCUT2D eigenvalue weighted by atomic mass is 32.2. The standard InChI is InChI=1S/C19H27N3S/c1-5-12-22(13-16-6-8-18(23-4)9-7-16)14-17-10-11-20-19(21-17)15(2)3/h6-11,15H,5,12-14H2,1-4H3. The molecule has 0 unspecified atom stereocenters. The van der Waals surface area contributed by atoms with Crippen LogP contribution in [0.2, 0.25) is 0 Å². The second-order valence-corrected chi connectivity index (χ2v) is 7.00. The van der Waals surface area contributed by atoms with Crippen LogP contribution in [0, 0.1) is 0 Å². The van der Waals surface area contributed by atoms with Crippen LogP contribution in [0.3, 0.4) is 0 Å². The lowest BCUT2D eigenvalue weighted by Crippen LogP contribution is -2.24. The summed E-state index contributed by atoms with van der Waals surface area (Å²) < 4.78 is 0. The molecule has 2 rings (SSSR count). The Morgan fingerprint density at radius 3 is 2.43 bits per heavy atom. The van der Waals surface area contributed by atoms with E-state index in [9.17, 15) is 0 Å². The van der Waals surface area contributed by atoms with Gasteiger partial charge in [0.2, 0.25) is 0 Å². The molecule has 0 saturated carbocycles. The van der Waals surface area contributed by atoms with Crippen molar-refractivity contribution in [3.63, 3.8) is 0 Å². The maximum atomic E-state index is 4.71. The van der Waals surface area contributed by atoms with E-state index in [-0.39, 0.29) is 0 Å². The molecule has 2 aromatic rings. The highest BCUT2D eigenvalue weighted by Crippen LogP contribution is 2.17. The molecule has 124 valence electrons. The second kappa shape index (κ2) is 9.04. The van der Waals surface area contributed by atoms with Gasteiger partial charge in [0.25, 0.3) is 0 Å². The van der Waals surface area contributed by atoms with Crippen LogP contribution < -0.4 is 0 Å². The number of hydrogen-bond donors (Lipinski definition) is 0. The van der Waals surface area contributed by atoms with Gasteiger partial charge in [0.05, 0.1) is 5.69 Å². The highest BCUT2D eigenvalue weighted by molar-refractivity contribution is 7.98. The maximum Gasteiger partial charge on any atom is 0.131 e. The number of rotatable bonds is 8. The predicted octanol–water partition coefficient (Wildman–Crippen LogP) is 4.73. The molecule has 0 saturated heterocycles. The van der Waals surface area contributed by atoms with Gasteiger partial charge in [-0.15, -0.1) is 11.8 Å². The van der Waals surface area contributed by atoms with Gasteiger partial charge >= 0.3 is 0 Å². The largest absolute Gasteiger partial charge is 0.293 e. The first-order chi connectivity index (χ1) is 11.1. The lowest BCUT2D eigenvalue weighted by atomic mass is 10.2. The Bertz CT molecular complexity index is 596. The fraction of sp³-hybridized carbons (Fsp3) is 0.474. The normalized spacial score (nSPS) is 11.4. The third kappa shape index (κ3) is 5.63. The average molecular weight is 330 g/mol. The van der Waals surface area contributed by atoms with E-state index in [0.29, 0.717) is 5.92 Å². The molecule has 0 bridgehead atoms. The van der Waals surface area contributed by atoms with Crippen LogP contribution in [0.5, 0.6) is 0 Å². The van der Waals surface area contributed by atoms with Crippen molar-refractivity contribution in [2.75, 3.05) is 12.8 Å². The van der Waals surface area contributed by atoms with E-state index in [1.54, 1.807) is 11.8 Å². The monoisotopic (exact) mass is 329 g/mol. The molecule has 0 amide bonds. The fourth-order valence-corrected chi connectivity index (χ4v) is 2.94. The molecule has 0 radical (unpaired) electrons. The van der Waals surface area contributed by atoms with Gasteiger partial charge in [-0.2, -0.15) is 0 Å². The number of benzene rings is 1. The van der Waals surface area contributed by atoms with Gasteiger partial charge in [-0.25, -0.2) is 9.97 Å². The van der Waals surface area contributed by atoms with Crippen LogP contribution in [0.15, 0.2) is 41.4 Å². The zero-order valence-corrected chi connectivity index (χ0v) is 15.4. The summed E-state index contributed by atoms with van der Waals surface area (Å²) >= 11 is 1.78. The van der Waals surface area contributed by atoms with Crippen molar-refractivity contribution in [1.29, 1.82) is 0 Å². The van der Waals surface area contributed by atoms with E-state index in [1.165, 1.54) is 10.5 Å². The van der Waals surface area contributed by atoms with Crippen LogP contribution in [-0.2, 0) is 13.1 Å². The minimum atomic E-state index is 0.369. The van der Waals surface area contributed by atoms with Gasteiger partial charge in [0.15, 0.2) is 0 Å². The highest BCUT2D eigenvalue weighted by Gasteiger charge is 2.09. The second-order valence-electron chi connectivity index (χ2n) is 6.12.